The molecule has 0 bridgehead atoms. The summed E-state index contributed by atoms with van der Waals surface area (Å²) < 4.78 is 0. The van der Waals surface area contributed by atoms with Crippen LogP contribution in [0.15, 0.2) is 158 Å². The first-order valence-corrected chi connectivity index (χ1v) is 14.4. The van der Waals surface area contributed by atoms with Gasteiger partial charge in [-0.25, -0.2) is 0 Å². The molecular formula is C40H34N2. The second-order valence-corrected chi connectivity index (χ2v) is 10.3. The van der Waals surface area contributed by atoms with Crippen molar-refractivity contribution in [2.24, 2.45) is 0 Å². The predicted octanol–water partition coefficient (Wildman–Crippen LogP) is 11.1. The molecule has 6 aromatic rings. The van der Waals surface area contributed by atoms with Gasteiger partial charge in [0, 0.05) is 29.3 Å². The van der Waals surface area contributed by atoms with Crippen molar-refractivity contribution < 1.29 is 0 Å². The minimum absolute atomic E-state index is 0.906. The Morgan fingerprint density at radius 1 is 0.524 bits per heavy atom. The van der Waals surface area contributed by atoms with Gasteiger partial charge in [0.15, 0.2) is 0 Å². The number of hydrogen-bond acceptors (Lipinski definition) is 2. The fourth-order valence-electron chi connectivity index (χ4n) is 5.15. The summed E-state index contributed by atoms with van der Waals surface area (Å²) in [5.74, 6) is 0. The first kappa shape index (κ1) is 26.9. The highest BCUT2D eigenvalue weighted by Crippen LogP contribution is 2.36. The highest BCUT2D eigenvalue weighted by atomic mass is 15.1. The van der Waals surface area contributed by atoms with Gasteiger partial charge in [0.25, 0.3) is 0 Å². The molecule has 42 heavy (non-hydrogen) atoms. The van der Waals surface area contributed by atoms with Crippen LogP contribution in [0.1, 0.15) is 17.5 Å². The minimum Gasteiger partial charge on any atom is -0.385 e. The number of para-hydroxylation sites is 1. The number of benzene rings is 6. The highest BCUT2D eigenvalue weighted by Gasteiger charge is 2.13. The van der Waals surface area contributed by atoms with Crippen LogP contribution < -0.4 is 10.2 Å². The highest BCUT2D eigenvalue weighted by molar-refractivity contribution is 5.89. The number of hydrogen-bond donors (Lipinski definition) is 1. The Labute approximate surface area is 248 Å². The van der Waals surface area contributed by atoms with E-state index in [0.29, 0.717) is 0 Å². The molecule has 0 aromatic heterocycles. The molecule has 0 aliphatic carbocycles. The molecule has 1 N–H and O–H groups in total. The Morgan fingerprint density at radius 2 is 1.07 bits per heavy atom. The summed E-state index contributed by atoms with van der Waals surface area (Å²) in [6.07, 6.45) is 7.20. The van der Waals surface area contributed by atoms with Gasteiger partial charge in [0.05, 0.1) is 0 Å². The average molecular weight is 543 g/mol. The number of anilines is 4. The van der Waals surface area contributed by atoms with Crippen molar-refractivity contribution in [3.05, 3.63) is 169 Å². The summed E-state index contributed by atoms with van der Waals surface area (Å²) in [6, 6.07) is 51.8. The van der Waals surface area contributed by atoms with E-state index in [1.54, 1.807) is 0 Å². The maximum Gasteiger partial charge on any atom is 0.0468 e. The van der Waals surface area contributed by atoms with Crippen molar-refractivity contribution in [1.82, 2.24) is 0 Å². The molecule has 2 nitrogen and oxygen atoms in total. The summed E-state index contributed by atoms with van der Waals surface area (Å²) in [7, 11) is 0. The van der Waals surface area contributed by atoms with Crippen molar-refractivity contribution >= 4 is 45.7 Å². The van der Waals surface area contributed by atoms with Crippen LogP contribution in [0.25, 0.3) is 34.1 Å². The van der Waals surface area contributed by atoms with Crippen LogP contribution in [0.3, 0.4) is 0 Å². The van der Waals surface area contributed by atoms with Crippen molar-refractivity contribution in [2.45, 2.75) is 6.42 Å². The molecule has 0 heterocycles. The van der Waals surface area contributed by atoms with Crippen LogP contribution in [-0.2, 0) is 0 Å². The van der Waals surface area contributed by atoms with Gasteiger partial charge in [-0.2, -0.15) is 0 Å². The lowest BCUT2D eigenvalue weighted by atomic mass is 10.0. The van der Waals surface area contributed by atoms with Gasteiger partial charge < -0.3 is 10.2 Å². The Hall–Kier alpha value is -5.34. The summed E-state index contributed by atoms with van der Waals surface area (Å²) >= 11 is 0. The van der Waals surface area contributed by atoms with E-state index in [1.165, 1.54) is 33.0 Å². The summed E-state index contributed by atoms with van der Waals surface area (Å²) in [4.78, 5) is 2.31. The van der Waals surface area contributed by atoms with E-state index in [4.69, 9.17) is 0 Å². The lowest BCUT2D eigenvalue weighted by Crippen LogP contribution is -2.09. The molecular weight excluding hydrogens is 508 g/mol. The molecule has 0 unspecified atom stereocenters. The summed E-state index contributed by atoms with van der Waals surface area (Å²) in [5.41, 5.74) is 9.28. The molecule has 204 valence electrons. The predicted molar refractivity (Wildman–Crippen MR) is 183 cm³/mol. The molecule has 0 aliphatic heterocycles. The van der Waals surface area contributed by atoms with Crippen LogP contribution in [0.5, 0.6) is 0 Å². The molecule has 0 amide bonds. The maximum atomic E-state index is 3.77. The van der Waals surface area contributed by atoms with Gasteiger partial charge in [-0.1, -0.05) is 115 Å². The third-order valence-corrected chi connectivity index (χ3v) is 7.43. The normalized spacial score (nSPS) is 11.0. The Morgan fingerprint density at radius 3 is 1.74 bits per heavy atom. The zero-order valence-corrected chi connectivity index (χ0v) is 23.7. The molecule has 0 radical (unpaired) electrons. The quantitative estimate of drug-likeness (QED) is 0.105. The number of nitrogens with one attached hydrogen (secondary N) is 1. The van der Waals surface area contributed by atoms with E-state index in [-0.39, 0.29) is 0 Å². The van der Waals surface area contributed by atoms with E-state index in [1.807, 2.05) is 6.08 Å². The lowest BCUT2D eigenvalue weighted by molar-refractivity contribution is 1.07. The third kappa shape index (κ3) is 6.35. The third-order valence-electron chi connectivity index (χ3n) is 7.43. The second-order valence-electron chi connectivity index (χ2n) is 10.3. The van der Waals surface area contributed by atoms with Crippen molar-refractivity contribution in [2.75, 3.05) is 16.8 Å². The van der Waals surface area contributed by atoms with Gasteiger partial charge in [0.2, 0.25) is 0 Å². The van der Waals surface area contributed by atoms with Gasteiger partial charge in [-0.15, -0.1) is 6.58 Å². The SMILES string of the molecule is C=CCCNc1ccc(C=Cc2ccc(-c3ccc(N(c4ccccc4)c4ccc5ccccc5c4)cc3)cc2)cc1. The number of rotatable bonds is 10. The largest absolute Gasteiger partial charge is 0.385 e. The minimum atomic E-state index is 0.906. The van der Waals surface area contributed by atoms with E-state index in [9.17, 15) is 0 Å². The van der Waals surface area contributed by atoms with Crippen LogP contribution >= 0.6 is 0 Å². The Kier molecular flexibility index (Phi) is 8.24. The monoisotopic (exact) mass is 542 g/mol. The van der Waals surface area contributed by atoms with Crippen LogP contribution in [0.4, 0.5) is 22.7 Å². The van der Waals surface area contributed by atoms with E-state index in [0.717, 1.165) is 35.7 Å². The summed E-state index contributed by atoms with van der Waals surface area (Å²) in [6.45, 7) is 4.68. The van der Waals surface area contributed by atoms with Crippen molar-refractivity contribution in [1.29, 1.82) is 0 Å². The van der Waals surface area contributed by atoms with E-state index >= 15 is 0 Å². The molecule has 0 fully saturated rings. The molecule has 0 atom stereocenters. The molecule has 2 heteroatoms. The van der Waals surface area contributed by atoms with Crippen molar-refractivity contribution in [3.8, 4) is 11.1 Å². The molecule has 0 spiro atoms. The molecule has 6 aromatic carbocycles. The van der Waals surface area contributed by atoms with E-state index in [2.05, 4.69) is 175 Å². The smallest absolute Gasteiger partial charge is 0.0468 e. The van der Waals surface area contributed by atoms with Gasteiger partial charge in [0.1, 0.15) is 0 Å². The lowest BCUT2D eigenvalue weighted by Gasteiger charge is -2.26. The first-order valence-electron chi connectivity index (χ1n) is 14.4. The van der Waals surface area contributed by atoms with Gasteiger partial charge >= 0.3 is 0 Å². The fourth-order valence-corrected chi connectivity index (χ4v) is 5.15. The number of fused-ring (bicyclic) bond motifs is 1. The first-order chi connectivity index (χ1) is 20.8. The van der Waals surface area contributed by atoms with E-state index < -0.39 is 0 Å². The van der Waals surface area contributed by atoms with Crippen LogP contribution in [0, 0.1) is 0 Å². The summed E-state index contributed by atoms with van der Waals surface area (Å²) in [5, 5.41) is 5.88. The van der Waals surface area contributed by atoms with Gasteiger partial charge in [-0.3, -0.25) is 0 Å². The van der Waals surface area contributed by atoms with Crippen LogP contribution in [-0.4, -0.2) is 6.54 Å². The zero-order chi connectivity index (χ0) is 28.6. The maximum absolute atomic E-state index is 3.77. The number of nitrogens with zero attached hydrogens (tertiary/aromatic N) is 1. The molecule has 0 saturated carbocycles. The standard InChI is InChI=1S/C40H34N2/c1-2-3-29-41-37-24-17-32(18-25-37)14-13-31-15-19-34(20-16-31)35-21-26-39(27-22-35)42(38-11-5-4-6-12-38)40-28-23-33-9-7-8-10-36(33)30-40/h2,4-28,30,41H,1,3,29H2. The van der Waals surface area contributed by atoms with Crippen LogP contribution in [0.2, 0.25) is 0 Å². The fraction of sp³-hybridized carbons (Fsp3) is 0.0500. The molecule has 6 rings (SSSR count). The van der Waals surface area contributed by atoms with Gasteiger partial charge in [-0.05, 0) is 88.0 Å². The second kappa shape index (κ2) is 12.9. The molecule has 0 saturated heterocycles. The Balaban J connectivity index is 1.19. The molecule has 0 aliphatic rings. The zero-order valence-electron chi connectivity index (χ0n) is 23.7. The van der Waals surface area contributed by atoms with Crippen molar-refractivity contribution in [3.63, 3.8) is 0 Å². The topological polar surface area (TPSA) is 15.3 Å². The average Bonchev–Trinajstić information content (AvgIpc) is 3.06. The Bertz CT molecular complexity index is 1780.